The van der Waals surface area contributed by atoms with E-state index >= 15 is 0 Å². The van der Waals surface area contributed by atoms with Gasteiger partial charge in [0.15, 0.2) is 5.54 Å². The van der Waals surface area contributed by atoms with Crippen LogP contribution in [0.5, 0.6) is 5.75 Å². The van der Waals surface area contributed by atoms with E-state index in [4.69, 9.17) is 9.47 Å². The van der Waals surface area contributed by atoms with Gasteiger partial charge in [0.1, 0.15) is 11.5 Å². The molecule has 2 aromatic carbocycles. The van der Waals surface area contributed by atoms with E-state index in [2.05, 4.69) is 11.5 Å². The molecule has 5 rings (SSSR count). The van der Waals surface area contributed by atoms with Gasteiger partial charge in [-0.3, -0.25) is 19.3 Å². The van der Waals surface area contributed by atoms with Crippen LogP contribution < -0.4 is 9.64 Å². The Bertz CT molecular complexity index is 1300. The molecule has 2 saturated heterocycles. The number of rotatable bonds is 8. The number of carbonyl (C=O) groups is 3. The number of ketones is 1. The van der Waals surface area contributed by atoms with Gasteiger partial charge in [0, 0.05) is 43.9 Å². The Labute approximate surface area is 221 Å². The first-order valence-corrected chi connectivity index (χ1v) is 12.7. The monoisotopic (exact) mass is 517 g/mol. The largest absolute Gasteiger partial charge is 0.507 e. The number of fused-ring (bicyclic) bond motifs is 2. The summed E-state index contributed by atoms with van der Waals surface area (Å²) in [5.41, 5.74) is -0.611. The molecule has 38 heavy (non-hydrogen) atoms. The highest BCUT2D eigenvalue weighted by Crippen LogP contribution is 2.53. The zero-order valence-electron chi connectivity index (χ0n) is 21.4. The van der Waals surface area contributed by atoms with Crippen molar-refractivity contribution in [3.63, 3.8) is 0 Å². The quantitative estimate of drug-likeness (QED) is 0.249. The average molecular weight is 518 g/mol. The molecule has 1 spiro atoms. The summed E-state index contributed by atoms with van der Waals surface area (Å²) < 4.78 is 10.6. The van der Waals surface area contributed by atoms with Crippen LogP contribution in [0.1, 0.15) is 17.5 Å². The molecule has 0 saturated carbocycles. The maximum absolute atomic E-state index is 14.3. The molecule has 0 bridgehead atoms. The van der Waals surface area contributed by atoms with E-state index in [-0.39, 0.29) is 18.7 Å². The highest BCUT2D eigenvalue weighted by atomic mass is 16.5. The first-order chi connectivity index (χ1) is 18.4. The van der Waals surface area contributed by atoms with Gasteiger partial charge in [-0.05, 0) is 36.8 Å². The predicted octanol–water partition coefficient (Wildman–Crippen LogP) is 2.53. The Hall–Kier alpha value is -3.95. The Morgan fingerprint density at radius 3 is 2.47 bits per heavy atom. The zero-order chi connectivity index (χ0) is 26.9. The van der Waals surface area contributed by atoms with Crippen LogP contribution in [-0.2, 0) is 24.7 Å². The SMILES string of the molecule is C=CCN1C(=O)[C@@]2(C(=C(O)c3ccc(OC)cc3)C(=O)C(=O)N2CCCN2CCOCC2)c2ccccc21. The van der Waals surface area contributed by atoms with E-state index in [1.165, 1.54) is 16.9 Å². The third-order valence-corrected chi connectivity index (χ3v) is 7.44. The van der Waals surface area contributed by atoms with Gasteiger partial charge in [0.25, 0.3) is 17.6 Å². The minimum absolute atomic E-state index is 0.170. The van der Waals surface area contributed by atoms with Crippen molar-refractivity contribution in [2.24, 2.45) is 0 Å². The number of morpholine rings is 1. The van der Waals surface area contributed by atoms with E-state index in [9.17, 15) is 19.5 Å². The molecule has 0 radical (unpaired) electrons. The van der Waals surface area contributed by atoms with Crippen molar-refractivity contribution in [1.82, 2.24) is 9.80 Å². The lowest BCUT2D eigenvalue weighted by Crippen LogP contribution is -2.52. The highest BCUT2D eigenvalue weighted by Gasteiger charge is 2.66. The van der Waals surface area contributed by atoms with E-state index in [0.29, 0.717) is 48.7 Å². The van der Waals surface area contributed by atoms with Gasteiger partial charge in [-0.2, -0.15) is 0 Å². The second kappa shape index (κ2) is 10.4. The van der Waals surface area contributed by atoms with Crippen molar-refractivity contribution in [3.05, 3.63) is 77.9 Å². The number of methoxy groups -OCH3 is 1. The number of likely N-dealkylation sites (tertiary alicyclic amines) is 1. The van der Waals surface area contributed by atoms with Crippen LogP contribution in [0.3, 0.4) is 0 Å². The normalized spacial score (nSPS) is 22.8. The van der Waals surface area contributed by atoms with Crippen molar-refractivity contribution in [2.75, 3.05) is 57.9 Å². The van der Waals surface area contributed by atoms with Crippen molar-refractivity contribution in [3.8, 4) is 5.75 Å². The summed E-state index contributed by atoms with van der Waals surface area (Å²) in [7, 11) is 1.53. The molecule has 9 nitrogen and oxygen atoms in total. The van der Waals surface area contributed by atoms with E-state index in [0.717, 1.165) is 13.1 Å². The second-order valence-corrected chi connectivity index (χ2v) is 9.48. The van der Waals surface area contributed by atoms with E-state index < -0.39 is 28.9 Å². The molecular weight excluding hydrogens is 486 g/mol. The summed E-state index contributed by atoms with van der Waals surface area (Å²) in [5, 5.41) is 11.5. The molecule has 0 unspecified atom stereocenters. The zero-order valence-corrected chi connectivity index (χ0v) is 21.4. The number of para-hydroxylation sites is 1. The maximum Gasteiger partial charge on any atom is 0.296 e. The number of carbonyl (C=O) groups excluding carboxylic acids is 3. The molecule has 9 heteroatoms. The minimum atomic E-state index is -1.78. The molecular formula is C29H31N3O6. The van der Waals surface area contributed by atoms with E-state index in [1.54, 1.807) is 54.6 Å². The lowest BCUT2D eigenvalue weighted by molar-refractivity contribution is -0.143. The van der Waals surface area contributed by atoms with Gasteiger partial charge in [0.2, 0.25) is 0 Å². The number of ether oxygens (including phenoxy) is 2. The van der Waals surface area contributed by atoms with Crippen LogP contribution in [0.25, 0.3) is 5.76 Å². The molecule has 2 aromatic rings. The Kier molecular flexibility index (Phi) is 7.05. The molecule has 0 aliphatic carbocycles. The third kappa shape index (κ3) is 3.99. The van der Waals surface area contributed by atoms with Crippen LogP contribution >= 0.6 is 0 Å². The standard InChI is InChI=1S/C29H31N3O6/c1-3-13-31-23-8-5-4-7-22(23)29(28(31)36)24(25(33)20-9-11-21(37-2)12-10-20)26(34)27(35)32(29)15-6-14-30-16-18-38-19-17-30/h3-5,7-12,33H,1,6,13-19H2,2H3/t29-/m0/s1. The molecule has 3 heterocycles. The summed E-state index contributed by atoms with van der Waals surface area (Å²) in [6, 6.07) is 13.6. The average Bonchev–Trinajstić information content (AvgIpc) is 3.32. The first-order valence-electron chi connectivity index (χ1n) is 12.7. The number of aliphatic hydroxyl groups excluding tert-OH is 1. The summed E-state index contributed by atoms with van der Waals surface area (Å²) in [5.74, 6) is -1.97. The van der Waals surface area contributed by atoms with Gasteiger partial charge in [-0.1, -0.05) is 24.3 Å². The van der Waals surface area contributed by atoms with Gasteiger partial charge in [-0.15, -0.1) is 6.58 Å². The summed E-state index contributed by atoms with van der Waals surface area (Å²) in [4.78, 5) is 46.7. The maximum atomic E-state index is 14.3. The fourth-order valence-corrected chi connectivity index (χ4v) is 5.65. The molecule has 1 atom stereocenters. The van der Waals surface area contributed by atoms with Crippen molar-refractivity contribution in [2.45, 2.75) is 12.0 Å². The van der Waals surface area contributed by atoms with Crippen LogP contribution in [0, 0.1) is 0 Å². The molecule has 0 aromatic heterocycles. The van der Waals surface area contributed by atoms with E-state index in [1.807, 2.05) is 0 Å². The molecule has 3 aliphatic rings. The van der Waals surface area contributed by atoms with Crippen LogP contribution in [0.2, 0.25) is 0 Å². The fraction of sp³-hybridized carbons (Fsp3) is 0.345. The Morgan fingerprint density at radius 1 is 1.08 bits per heavy atom. The Balaban J connectivity index is 1.64. The second-order valence-electron chi connectivity index (χ2n) is 9.48. The topological polar surface area (TPSA) is 99.6 Å². The van der Waals surface area contributed by atoms with Crippen molar-refractivity contribution in [1.29, 1.82) is 0 Å². The lowest BCUT2D eigenvalue weighted by Gasteiger charge is -2.35. The smallest absolute Gasteiger partial charge is 0.296 e. The molecule has 198 valence electrons. The van der Waals surface area contributed by atoms with Crippen LogP contribution in [-0.4, -0.2) is 85.6 Å². The van der Waals surface area contributed by atoms with Crippen LogP contribution in [0.15, 0.2) is 66.8 Å². The summed E-state index contributed by atoms with van der Waals surface area (Å²) in [6.45, 7) is 7.71. The summed E-state index contributed by atoms with van der Waals surface area (Å²) in [6.07, 6.45) is 2.15. The number of benzene rings is 2. The Morgan fingerprint density at radius 2 is 1.79 bits per heavy atom. The predicted molar refractivity (Wildman–Crippen MR) is 142 cm³/mol. The van der Waals surface area contributed by atoms with Gasteiger partial charge in [-0.25, -0.2) is 0 Å². The number of nitrogens with zero attached hydrogens (tertiary/aromatic N) is 3. The molecule has 2 amide bonds. The first kappa shape index (κ1) is 25.7. The third-order valence-electron chi connectivity index (χ3n) is 7.44. The minimum Gasteiger partial charge on any atom is -0.507 e. The number of Topliss-reactive ketones (excluding diaryl/α,β-unsaturated/α-hetero) is 1. The fourth-order valence-electron chi connectivity index (χ4n) is 5.65. The number of amides is 2. The van der Waals surface area contributed by atoms with Crippen molar-refractivity contribution < 1.29 is 29.0 Å². The number of aliphatic hydroxyl groups is 1. The highest BCUT2D eigenvalue weighted by molar-refractivity contribution is 6.50. The lowest BCUT2D eigenvalue weighted by atomic mass is 9.82. The summed E-state index contributed by atoms with van der Waals surface area (Å²) >= 11 is 0. The number of hydrogen-bond donors (Lipinski definition) is 1. The number of hydrogen-bond acceptors (Lipinski definition) is 7. The van der Waals surface area contributed by atoms with Gasteiger partial charge >= 0.3 is 0 Å². The van der Waals surface area contributed by atoms with Gasteiger partial charge in [0.05, 0.1) is 31.6 Å². The molecule has 2 fully saturated rings. The van der Waals surface area contributed by atoms with Crippen LogP contribution in [0.4, 0.5) is 5.69 Å². The van der Waals surface area contributed by atoms with Gasteiger partial charge < -0.3 is 24.4 Å². The number of anilines is 1. The van der Waals surface area contributed by atoms with Crippen molar-refractivity contribution >= 4 is 29.0 Å². The molecule has 1 N–H and O–H groups in total. The molecule has 3 aliphatic heterocycles.